The molecule has 2 heterocycles. The SMILES string of the molecule is O=C(OC(c1ccccc1)c1ccccc1)C1=CN2C(=O)C[C@H]2SC1. The molecule has 0 bridgehead atoms. The molecule has 1 amide bonds. The zero-order valence-electron chi connectivity index (χ0n) is 13.5. The lowest BCUT2D eigenvalue weighted by atomic mass is 10.0. The van der Waals surface area contributed by atoms with E-state index in [1.165, 1.54) is 0 Å². The largest absolute Gasteiger partial charge is 0.449 e. The molecule has 0 aromatic heterocycles. The molecular weight excluding hydrogens is 334 g/mol. The molecule has 1 atom stereocenters. The lowest BCUT2D eigenvalue weighted by Gasteiger charge is -2.40. The Morgan fingerprint density at radius 3 is 2.20 bits per heavy atom. The third-order valence-corrected chi connectivity index (χ3v) is 5.62. The maximum atomic E-state index is 12.7. The van der Waals surface area contributed by atoms with E-state index in [4.69, 9.17) is 4.74 Å². The molecule has 4 rings (SSSR count). The first kappa shape index (κ1) is 16.0. The van der Waals surface area contributed by atoms with E-state index in [9.17, 15) is 9.59 Å². The molecule has 2 aliphatic heterocycles. The van der Waals surface area contributed by atoms with Crippen molar-refractivity contribution in [1.29, 1.82) is 0 Å². The summed E-state index contributed by atoms with van der Waals surface area (Å²) >= 11 is 1.61. The second-order valence-corrected chi connectivity index (χ2v) is 7.20. The molecule has 1 fully saturated rings. The van der Waals surface area contributed by atoms with Crippen molar-refractivity contribution < 1.29 is 14.3 Å². The van der Waals surface area contributed by atoms with Gasteiger partial charge in [0.25, 0.3) is 0 Å². The summed E-state index contributed by atoms with van der Waals surface area (Å²) in [6.45, 7) is 0. The van der Waals surface area contributed by atoms with Crippen LogP contribution in [-0.4, -0.2) is 27.9 Å². The van der Waals surface area contributed by atoms with Gasteiger partial charge < -0.3 is 9.64 Å². The van der Waals surface area contributed by atoms with E-state index < -0.39 is 6.10 Å². The maximum Gasteiger partial charge on any atom is 0.337 e. The van der Waals surface area contributed by atoms with E-state index in [1.54, 1.807) is 22.9 Å². The number of hydrogen-bond donors (Lipinski definition) is 0. The van der Waals surface area contributed by atoms with Crippen LogP contribution in [0.1, 0.15) is 23.7 Å². The molecule has 126 valence electrons. The topological polar surface area (TPSA) is 46.6 Å². The smallest absolute Gasteiger partial charge is 0.337 e. The fourth-order valence-corrected chi connectivity index (χ4v) is 4.13. The lowest BCUT2D eigenvalue weighted by molar-refractivity contribution is -0.143. The van der Waals surface area contributed by atoms with Crippen LogP contribution in [0, 0.1) is 0 Å². The molecule has 0 unspecified atom stereocenters. The Kier molecular flexibility index (Phi) is 4.32. The normalized spacial score (nSPS) is 19.1. The predicted molar refractivity (Wildman–Crippen MR) is 96.6 cm³/mol. The summed E-state index contributed by atoms with van der Waals surface area (Å²) in [5.74, 6) is 0.261. The van der Waals surface area contributed by atoms with E-state index >= 15 is 0 Å². The Balaban J connectivity index is 1.59. The molecule has 25 heavy (non-hydrogen) atoms. The molecule has 4 nitrogen and oxygen atoms in total. The standard InChI is InChI=1S/C20H17NO3S/c22-17-11-18-21(17)12-16(13-25-18)20(23)24-19(14-7-3-1-4-8-14)15-9-5-2-6-10-15/h1-10,12,18-19H,11,13H2/t18-/m1/s1. The van der Waals surface area contributed by atoms with Gasteiger partial charge in [0, 0.05) is 12.0 Å². The Morgan fingerprint density at radius 1 is 1.04 bits per heavy atom. The van der Waals surface area contributed by atoms with Gasteiger partial charge in [-0.05, 0) is 11.1 Å². The van der Waals surface area contributed by atoms with Crippen LogP contribution in [0.25, 0.3) is 0 Å². The number of rotatable bonds is 4. The van der Waals surface area contributed by atoms with Gasteiger partial charge in [-0.3, -0.25) is 4.79 Å². The summed E-state index contributed by atoms with van der Waals surface area (Å²) in [5.41, 5.74) is 2.37. The van der Waals surface area contributed by atoms with Crippen LogP contribution < -0.4 is 0 Å². The number of β-lactam (4-membered cyclic amide) rings is 1. The zero-order valence-corrected chi connectivity index (χ0v) is 14.3. The minimum absolute atomic E-state index is 0.0603. The second-order valence-electron chi connectivity index (χ2n) is 6.03. The highest BCUT2D eigenvalue weighted by Gasteiger charge is 2.39. The third-order valence-electron chi connectivity index (χ3n) is 4.37. The molecule has 2 aliphatic rings. The fourth-order valence-electron chi connectivity index (χ4n) is 2.97. The number of ether oxygens (including phenoxy) is 1. The Labute approximate surface area is 150 Å². The van der Waals surface area contributed by atoms with Crippen molar-refractivity contribution >= 4 is 23.6 Å². The number of carbonyl (C=O) groups excluding carboxylic acids is 2. The summed E-state index contributed by atoms with van der Waals surface area (Å²) in [6, 6.07) is 19.4. The van der Waals surface area contributed by atoms with Crippen LogP contribution in [0.4, 0.5) is 0 Å². The predicted octanol–water partition coefficient (Wildman–Crippen LogP) is 3.51. The van der Waals surface area contributed by atoms with Gasteiger partial charge in [0.05, 0.1) is 17.4 Å². The molecule has 2 aromatic rings. The number of nitrogens with zero attached hydrogens (tertiary/aromatic N) is 1. The third kappa shape index (κ3) is 3.20. The maximum absolute atomic E-state index is 12.7. The van der Waals surface area contributed by atoms with Crippen molar-refractivity contribution in [3.63, 3.8) is 0 Å². The van der Waals surface area contributed by atoms with E-state index in [0.717, 1.165) is 11.1 Å². The number of esters is 1. The quantitative estimate of drug-likeness (QED) is 0.625. The molecule has 0 saturated carbocycles. The van der Waals surface area contributed by atoms with Gasteiger partial charge in [0.1, 0.15) is 0 Å². The average Bonchev–Trinajstić information content (AvgIpc) is 2.66. The van der Waals surface area contributed by atoms with Crippen molar-refractivity contribution in [1.82, 2.24) is 4.90 Å². The number of thioether (sulfide) groups is 1. The number of amides is 1. The molecule has 5 heteroatoms. The first-order valence-electron chi connectivity index (χ1n) is 8.17. The van der Waals surface area contributed by atoms with Crippen LogP contribution in [0.15, 0.2) is 72.4 Å². The van der Waals surface area contributed by atoms with Crippen LogP contribution >= 0.6 is 11.8 Å². The molecule has 0 N–H and O–H groups in total. The molecule has 1 saturated heterocycles. The minimum atomic E-state index is -0.467. The first-order valence-corrected chi connectivity index (χ1v) is 9.21. The monoisotopic (exact) mass is 351 g/mol. The summed E-state index contributed by atoms with van der Waals surface area (Å²) in [4.78, 5) is 25.9. The number of carbonyl (C=O) groups is 2. The van der Waals surface area contributed by atoms with E-state index in [2.05, 4.69) is 0 Å². The molecular formula is C20H17NO3S. The van der Waals surface area contributed by atoms with Crippen molar-refractivity contribution in [3.05, 3.63) is 83.6 Å². The van der Waals surface area contributed by atoms with Crippen LogP contribution in [0.2, 0.25) is 0 Å². The van der Waals surface area contributed by atoms with Crippen LogP contribution in [0.5, 0.6) is 0 Å². The molecule has 0 spiro atoms. The van der Waals surface area contributed by atoms with Gasteiger partial charge in [0.15, 0.2) is 6.10 Å². The lowest BCUT2D eigenvalue weighted by Crippen LogP contribution is -2.49. The average molecular weight is 351 g/mol. The molecule has 0 aliphatic carbocycles. The van der Waals surface area contributed by atoms with Gasteiger partial charge >= 0.3 is 5.97 Å². The van der Waals surface area contributed by atoms with Crippen LogP contribution in [0.3, 0.4) is 0 Å². The van der Waals surface area contributed by atoms with Crippen molar-refractivity contribution in [2.75, 3.05) is 5.75 Å². The van der Waals surface area contributed by atoms with Gasteiger partial charge in [-0.2, -0.15) is 0 Å². The molecule has 0 radical (unpaired) electrons. The highest BCUT2D eigenvalue weighted by atomic mass is 32.2. The number of fused-ring (bicyclic) bond motifs is 1. The summed E-state index contributed by atoms with van der Waals surface area (Å²) < 4.78 is 5.85. The van der Waals surface area contributed by atoms with Gasteiger partial charge in [-0.1, -0.05) is 60.7 Å². The number of benzene rings is 2. The van der Waals surface area contributed by atoms with Gasteiger partial charge in [0.2, 0.25) is 5.91 Å². The minimum Gasteiger partial charge on any atom is -0.449 e. The fraction of sp³-hybridized carbons (Fsp3) is 0.200. The summed E-state index contributed by atoms with van der Waals surface area (Å²) in [7, 11) is 0. The van der Waals surface area contributed by atoms with E-state index in [1.807, 2.05) is 60.7 Å². The van der Waals surface area contributed by atoms with Gasteiger partial charge in [-0.25, -0.2) is 4.79 Å². The number of hydrogen-bond acceptors (Lipinski definition) is 4. The Bertz CT molecular complexity index is 780. The second kappa shape index (κ2) is 6.76. The Hall–Kier alpha value is -2.53. The van der Waals surface area contributed by atoms with E-state index in [-0.39, 0.29) is 17.3 Å². The summed E-state index contributed by atoms with van der Waals surface area (Å²) in [5, 5.41) is 0.183. The van der Waals surface area contributed by atoms with Crippen molar-refractivity contribution in [2.24, 2.45) is 0 Å². The van der Waals surface area contributed by atoms with Gasteiger partial charge in [-0.15, -0.1) is 11.8 Å². The van der Waals surface area contributed by atoms with Crippen molar-refractivity contribution in [3.8, 4) is 0 Å². The van der Waals surface area contributed by atoms with Crippen molar-refractivity contribution in [2.45, 2.75) is 17.9 Å². The zero-order chi connectivity index (χ0) is 17.2. The first-order chi connectivity index (χ1) is 12.2. The van der Waals surface area contributed by atoms with E-state index in [0.29, 0.717) is 17.7 Å². The highest BCUT2D eigenvalue weighted by Crippen LogP contribution is 2.36. The Morgan fingerprint density at radius 2 is 1.64 bits per heavy atom. The van der Waals surface area contributed by atoms with Crippen LogP contribution in [-0.2, 0) is 14.3 Å². The highest BCUT2D eigenvalue weighted by molar-refractivity contribution is 8.00. The summed E-state index contributed by atoms with van der Waals surface area (Å²) in [6.07, 6.45) is 1.74. The molecule has 2 aromatic carbocycles.